The molecule has 2 amide bonds. The molecule has 5 nitrogen and oxygen atoms in total. The van der Waals surface area contributed by atoms with E-state index in [1.54, 1.807) is 24.5 Å². The Morgan fingerprint density at radius 1 is 1.28 bits per heavy atom. The lowest BCUT2D eigenvalue weighted by Gasteiger charge is -2.29. The maximum atomic E-state index is 12.4. The second-order valence-electron chi connectivity index (χ2n) is 6.48. The summed E-state index contributed by atoms with van der Waals surface area (Å²) in [5.41, 5.74) is 2.16. The summed E-state index contributed by atoms with van der Waals surface area (Å²) in [6.07, 6.45) is 5.69. The third-order valence-electron chi connectivity index (χ3n) is 4.63. The van der Waals surface area contributed by atoms with Crippen molar-refractivity contribution in [2.75, 3.05) is 26.7 Å². The van der Waals surface area contributed by atoms with E-state index in [2.05, 4.69) is 10.2 Å². The van der Waals surface area contributed by atoms with E-state index in [9.17, 15) is 4.79 Å². The molecule has 2 aromatic rings. The van der Waals surface area contributed by atoms with Crippen molar-refractivity contribution in [3.05, 3.63) is 59.0 Å². The van der Waals surface area contributed by atoms with Crippen LogP contribution < -0.4 is 5.32 Å². The van der Waals surface area contributed by atoms with Crippen molar-refractivity contribution in [2.45, 2.75) is 25.4 Å². The topological polar surface area (TPSA) is 48.7 Å². The third kappa shape index (κ3) is 4.77. The molecule has 1 N–H and O–H groups in total. The average molecular weight is 362 g/mol. The van der Waals surface area contributed by atoms with Gasteiger partial charge in [0.25, 0.3) is 0 Å². The highest BCUT2D eigenvalue weighted by Gasteiger charge is 2.24. The number of urea groups is 1. The Hall–Kier alpha value is -1.98. The van der Waals surface area contributed by atoms with Gasteiger partial charge in [-0.1, -0.05) is 23.7 Å². The van der Waals surface area contributed by atoms with Crippen LogP contribution in [0.25, 0.3) is 0 Å². The highest BCUT2D eigenvalue weighted by Crippen LogP contribution is 2.25. The molecule has 0 aliphatic carbocycles. The van der Waals surface area contributed by atoms with Gasteiger partial charge in [0.15, 0.2) is 0 Å². The summed E-state index contributed by atoms with van der Waals surface area (Å²) in [5.74, 6) is 0. The van der Waals surface area contributed by atoms with E-state index in [1.165, 1.54) is 18.4 Å². The zero-order valence-electron chi connectivity index (χ0n) is 14.5. The number of amides is 2. The molecule has 0 unspecified atom stereocenters. The number of carbonyl (C=O) groups excluding carboxylic acids is 1. The fourth-order valence-electron chi connectivity index (χ4n) is 3.24. The molecule has 0 spiro atoms. The number of carbonyl (C=O) groups is 1. The van der Waals surface area contributed by atoms with Crippen molar-refractivity contribution in [2.24, 2.45) is 0 Å². The molecule has 0 radical (unpaired) electrons. The van der Waals surface area contributed by atoms with Gasteiger partial charge in [0.1, 0.15) is 0 Å². The van der Waals surface area contributed by atoms with Crippen LogP contribution in [0.3, 0.4) is 0 Å². The van der Waals surface area contributed by atoms with Crippen molar-refractivity contribution in [1.82, 2.24) is 15.1 Å². The molecule has 6 heteroatoms. The lowest BCUT2D eigenvalue weighted by molar-refractivity contribution is 0.195. The van der Waals surface area contributed by atoms with Crippen molar-refractivity contribution < 1.29 is 9.21 Å². The van der Waals surface area contributed by atoms with Crippen LogP contribution in [0.2, 0.25) is 5.02 Å². The lowest BCUT2D eigenvalue weighted by Crippen LogP contribution is -2.42. The van der Waals surface area contributed by atoms with Gasteiger partial charge in [-0.15, -0.1) is 0 Å². The summed E-state index contributed by atoms with van der Waals surface area (Å²) >= 11 is 6.02. The Labute approximate surface area is 153 Å². The molecule has 1 aromatic heterocycles. The second kappa shape index (κ2) is 8.41. The second-order valence-corrected chi connectivity index (χ2v) is 6.92. The number of likely N-dealkylation sites (tertiary alicyclic amines) is 1. The van der Waals surface area contributed by atoms with Crippen LogP contribution in [0.5, 0.6) is 0 Å². The molecule has 25 heavy (non-hydrogen) atoms. The van der Waals surface area contributed by atoms with Crippen molar-refractivity contribution in [3.63, 3.8) is 0 Å². The largest absolute Gasteiger partial charge is 0.472 e. The summed E-state index contributed by atoms with van der Waals surface area (Å²) in [6.45, 7) is 3.23. The van der Waals surface area contributed by atoms with E-state index in [4.69, 9.17) is 16.0 Å². The van der Waals surface area contributed by atoms with E-state index in [-0.39, 0.29) is 12.1 Å². The number of rotatable bonds is 6. The van der Waals surface area contributed by atoms with Crippen molar-refractivity contribution in [1.29, 1.82) is 0 Å². The number of hydrogen-bond acceptors (Lipinski definition) is 3. The minimum atomic E-state index is -0.0839. The van der Waals surface area contributed by atoms with Crippen LogP contribution >= 0.6 is 11.6 Å². The van der Waals surface area contributed by atoms with Crippen molar-refractivity contribution >= 4 is 17.6 Å². The number of halogens is 1. The number of nitrogens with one attached hydrogen (secondary N) is 1. The van der Waals surface area contributed by atoms with Crippen LogP contribution in [0.15, 0.2) is 47.3 Å². The first kappa shape index (κ1) is 17.8. The molecule has 1 aromatic carbocycles. The minimum absolute atomic E-state index is 0.0839. The van der Waals surface area contributed by atoms with Crippen LogP contribution in [0.1, 0.15) is 30.0 Å². The smallest absolute Gasteiger partial charge is 0.317 e. The highest BCUT2D eigenvalue weighted by molar-refractivity contribution is 6.30. The molecule has 1 saturated heterocycles. The Morgan fingerprint density at radius 2 is 2.00 bits per heavy atom. The molecule has 1 aliphatic heterocycles. The number of nitrogens with zero attached hydrogens (tertiary/aromatic N) is 2. The van der Waals surface area contributed by atoms with Gasteiger partial charge in [0, 0.05) is 24.2 Å². The molecule has 134 valence electrons. The predicted molar refractivity (Wildman–Crippen MR) is 98.6 cm³/mol. The monoisotopic (exact) mass is 361 g/mol. The molecule has 1 fully saturated rings. The van der Waals surface area contributed by atoms with E-state index in [0.717, 1.165) is 23.7 Å². The predicted octanol–water partition coefficient (Wildman–Crippen LogP) is 3.91. The van der Waals surface area contributed by atoms with Gasteiger partial charge in [-0.05, 0) is 49.7 Å². The molecule has 1 atom stereocenters. The maximum Gasteiger partial charge on any atom is 0.317 e. The summed E-state index contributed by atoms with van der Waals surface area (Å²) < 4.78 is 5.05. The first-order chi connectivity index (χ1) is 12.1. The fourth-order valence-corrected chi connectivity index (χ4v) is 3.37. The highest BCUT2D eigenvalue weighted by atomic mass is 35.5. The lowest BCUT2D eigenvalue weighted by atomic mass is 10.1. The third-order valence-corrected chi connectivity index (χ3v) is 4.88. The molecule has 3 rings (SSSR count). The average Bonchev–Trinajstić information content (AvgIpc) is 3.30. The van der Waals surface area contributed by atoms with Gasteiger partial charge >= 0.3 is 6.03 Å². The zero-order valence-corrected chi connectivity index (χ0v) is 15.2. The molecular weight excluding hydrogens is 338 g/mol. The van der Waals surface area contributed by atoms with Crippen LogP contribution in [0.4, 0.5) is 4.79 Å². The normalized spacial score (nSPS) is 15.9. The zero-order chi connectivity index (χ0) is 17.6. The molecule has 1 aliphatic rings. The molecular formula is C19H24ClN3O2. The maximum absolute atomic E-state index is 12.4. The summed E-state index contributed by atoms with van der Waals surface area (Å²) in [5, 5.41) is 3.80. The Kier molecular flexibility index (Phi) is 6.00. The first-order valence-corrected chi connectivity index (χ1v) is 9.01. The molecule has 0 bridgehead atoms. The minimum Gasteiger partial charge on any atom is -0.472 e. The number of hydrogen-bond donors (Lipinski definition) is 1. The van der Waals surface area contributed by atoms with Crippen molar-refractivity contribution in [3.8, 4) is 0 Å². The van der Waals surface area contributed by atoms with E-state index < -0.39 is 0 Å². The summed E-state index contributed by atoms with van der Waals surface area (Å²) in [4.78, 5) is 16.5. The van der Waals surface area contributed by atoms with Crippen LogP contribution in [-0.4, -0.2) is 42.5 Å². The van der Waals surface area contributed by atoms with Gasteiger partial charge < -0.3 is 14.6 Å². The van der Waals surface area contributed by atoms with Gasteiger partial charge in [-0.2, -0.15) is 0 Å². The van der Waals surface area contributed by atoms with Gasteiger partial charge in [-0.3, -0.25) is 4.90 Å². The Balaban J connectivity index is 1.61. The SMILES string of the molecule is CN(Cc1ccoc1)C(=O)NC[C@H](c1ccc(Cl)cc1)N1CCCC1. The summed E-state index contributed by atoms with van der Waals surface area (Å²) in [7, 11) is 1.79. The Morgan fingerprint density at radius 3 is 2.64 bits per heavy atom. The van der Waals surface area contributed by atoms with E-state index >= 15 is 0 Å². The first-order valence-electron chi connectivity index (χ1n) is 8.63. The van der Waals surface area contributed by atoms with E-state index in [1.807, 2.05) is 30.3 Å². The van der Waals surface area contributed by atoms with Gasteiger partial charge in [-0.25, -0.2) is 4.79 Å². The quantitative estimate of drug-likeness (QED) is 0.848. The van der Waals surface area contributed by atoms with Crippen LogP contribution in [0, 0.1) is 0 Å². The molecule has 0 saturated carbocycles. The van der Waals surface area contributed by atoms with Gasteiger partial charge in [0.05, 0.1) is 25.1 Å². The van der Waals surface area contributed by atoms with Gasteiger partial charge in [0.2, 0.25) is 0 Å². The van der Waals surface area contributed by atoms with Crippen LogP contribution in [-0.2, 0) is 6.54 Å². The molecule has 2 heterocycles. The summed E-state index contributed by atoms with van der Waals surface area (Å²) in [6, 6.07) is 9.87. The number of furan rings is 1. The van der Waals surface area contributed by atoms with E-state index in [0.29, 0.717) is 13.1 Å². The fraction of sp³-hybridized carbons (Fsp3) is 0.421. The Bertz CT molecular complexity index is 666. The number of benzene rings is 1. The standard InChI is InChI=1S/C19H24ClN3O2/c1-22(13-15-8-11-25-14-15)19(24)21-12-18(23-9-2-3-10-23)16-4-6-17(20)7-5-16/h4-8,11,14,18H,2-3,9-10,12-13H2,1H3,(H,21,24)/t18-/m1/s1.